The Labute approximate surface area is 90.4 Å². The summed E-state index contributed by atoms with van der Waals surface area (Å²) < 4.78 is 39.4. The molecule has 2 nitrogen and oxygen atoms in total. The van der Waals surface area contributed by atoms with Crippen molar-refractivity contribution in [3.05, 3.63) is 48.0 Å². The number of rotatable bonds is 1. The van der Waals surface area contributed by atoms with Crippen LogP contribution in [0.5, 0.6) is 0 Å². The highest BCUT2D eigenvalue weighted by Crippen LogP contribution is 2.32. The number of benzene rings is 1. The highest BCUT2D eigenvalue weighted by molar-refractivity contribution is 5.35. The number of nitrogens with zero attached hydrogens (tertiary/aromatic N) is 2. The molecule has 0 fully saturated rings. The molecule has 0 amide bonds. The summed E-state index contributed by atoms with van der Waals surface area (Å²) in [7, 11) is 0. The van der Waals surface area contributed by atoms with Gasteiger partial charge in [-0.2, -0.15) is 13.2 Å². The molecule has 0 N–H and O–H groups in total. The minimum Gasteiger partial charge on any atom is -0.295 e. The molecule has 0 aliphatic heterocycles. The second-order valence-corrected chi connectivity index (χ2v) is 3.38. The number of alkyl halides is 3. The molecular formula is C11H9F3N2. The maximum atomic E-state index is 12.8. The molecule has 0 radical (unpaired) electrons. The Morgan fingerprint density at radius 1 is 1.12 bits per heavy atom. The van der Waals surface area contributed by atoms with Gasteiger partial charge in [-0.05, 0) is 19.1 Å². The van der Waals surface area contributed by atoms with Crippen LogP contribution in [0.15, 0.2) is 36.7 Å². The van der Waals surface area contributed by atoms with Crippen molar-refractivity contribution in [1.29, 1.82) is 0 Å². The molecule has 2 rings (SSSR count). The quantitative estimate of drug-likeness (QED) is 0.730. The molecule has 0 saturated heterocycles. The summed E-state index contributed by atoms with van der Waals surface area (Å²) in [6, 6.07) is 8.34. The van der Waals surface area contributed by atoms with E-state index in [1.807, 2.05) is 0 Å². The second kappa shape index (κ2) is 3.66. The van der Waals surface area contributed by atoms with Crippen LogP contribution in [0.4, 0.5) is 13.2 Å². The Morgan fingerprint density at radius 3 is 2.31 bits per heavy atom. The fraction of sp³-hybridized carbons (Fsp3) is 0.182. The normalized spacial score (nSPS) is 11.8. The molecule has 0 unspecified atom stereocenters. The van der Waals surface area contributed by atoms with Crippen molar-refractivity contribution in [2.24, 2.45) is 0 Å². The van der Waals surface area contributed by atoms with Gasteiger partial charge in [-0.1, -0.05) is 18.2 Å². The van der Waals surface area contributed by atoms with E-state index in [1.54, 1.807) is 30.3 Å². The predicted molar refractivity (Wildman–Crippen MR) is 53.3 cm³/mol. The van der Waals surface area contributed by atoms with Crippen molar-refractivity contribution < 1.29 is 13.2 Å². The van der Waals surface area contributed by atoms with E-state index in [9.17, 15) is 13.2 Å². The van der Waals surface area contributed by atoms with Crippen LogP contribution in [0, 0.1) is 6.92 Å². The molecule has 0 bridgehead atoms. The Kier molecular flexibility index (Phi) is 2.46. The van der Waals surface area contributed by atoms with Crippen molar-refractivity contribution >= 4 is 0 Å². The summed E-state index contributed by atoms with van der Waals surface area (Å²) in [4.78, 5) is 3.70. The molecule has 1 aromatic heterocycles. The molecule has 84 valence electrons. The largest absolute Gasteiger partial charge is 0.433 e. The van der Waals surface area contributed by atoms with E-state index in [0.29, 0.717) is 5.69 Å². The van der Waals surface area contributed by atoms with Gasteiger partial charge in [0.15, 0.2) is 5.69 Å². The lowest BCUT2D eigenvalue weighted by molar-refractivity contribution is -0.142. The number of halogens is 3. The molecule has 0 saturated carbocycles. The van der Waals surface area contributed by atoms with Gasteiger partial charge in [0, 0.05) is 5.69 Å². The van der Waals surface area contributed by atoms with E-state index in [-0.39, 0.29) is 5.69 Å². The maximum Gasteiger partial charge on any atom is 0.433 e. The number of hydrogen-bond acceptors (Lipinski definition) is 1. The van der Waals surface area contributed by atoms with E-state index in [1.165, 1.54) is 13.3 Å². The van der Waals surface area contributed by atoms with Crippen molar-refractivity contribution in [1.82, 2.24) is 9.55 Å². The number of imidazole rings is 1. The van der Waals surface area contributed by atoms with E-state index >= 15 is 0 Å². The first kappa shape index (κ1) is 10.7. The number of hydrogen-bond donors (Lipinski definition) is 0. The Bertz CT molecular complexity index is 486. The summed E-state index contributed by atoms with van der Waals surface area (Å²) in [5.41, 5.74) is -0.287. The topological polar surface area (TPSA) is 17.8 Å². The van der Waals surface area contributed by atoms with Crippen molar-refractivity contribution in [3.63, 3.8) is 0 Å². The Balaban J connectivity index is 2.60. The fourth-order valence-corrected chi connectivity index (χ4v) is 1.56. The lowest BCUT2D eigenvalue weighted by Gasteiger charge is -2.11. The third kappa shape index (κ3) is 1.80. The second-order valence-electron chi connectivity index (χ2n) is 3.38. The molecule has 0 aliphatic rings. The molecular weight excluding hydrogens is 217 g/mol. The van der Waals surface area contributed by atoms with Gasteiger partial charge in [0.25, 0.3) is 0 Å². The predicted octanol–water partition coefficient (Wildman–Crippen LogP) is 3.20. The zero-order valence-electron chi connectivity index (χ0n) is 8.49. The molecule has 0 aliphatic carbocycles. The standard InChI is InChI=1S/C11H9F3N2/c1-8-10(11(12,13)14)16(7-15-8)9-5-3-2-4-6-9/h2-7H,1H3. The van der Waals surface area contributed by atoms with Crippen LogP contribution in [0.1, 0.15) is 11.4 Å². The number of aryl methyl sites for hydroxylation is 1. The van der Waals surface area contributed by atoms with Crippen LogP contribution >= 0.6 is 0 Å². The molecule has 16 heavy (non-hydrogen) atoms. The van der Waals surface area contributed by atoms with Gasteiger partial charge in [0.05, 0.1) is 12.0 Å². The molecule has 2 aromatic rings. The van der Waals surface area contributed by atoms with E-state index in [4.69, 9.17) is 0 Å². The van der Waals surface area contributed by atoms with Crippen LogP contribution in [0.3, 0.4) is 0 Å². The molecule has 5 heteroatoms. The van der Waals surface area contributed by atoms with Crippen molar-refractivity contribution in [3.8, 4) is 5.69 Å². The van der Waals surface area contributed by atoms with Crippen LogP contribution < -0.4 is 0 Å². The number of aromatic nitrogens is 2. The van der Waals surface area contributed by atoms with Crippen LogP contribution in [-0.2, 0) is 6.18 Å². The van der Waals surface area contributed by atoms with Crippen molar-refractivity contribution in [2.45, 2.75) is 13.1 Å². The molecule has 0 atom stereocenters. The maximum absolute atomic E-state index is 12.8. The van der Waals surface area contributed by atoms with Gasteiger partial charge in [-0.25, -0.2) is 4.98 Å². The summed E-state index contributed by atoms with van der Waals surface area (Å²) in [6.07, 6.45) is -3.20. The lowest BCUT2D eigenvalue weighted by atomic mass is 10.3. The van der Waals surface area contributed by atoms with Gasteiger partial charge >= 0.3 is 6.18 Å². The minimum atomic E-state index is -4.39. The SMILES string of the molecule is Cc1ncn(-c2ccccc2)c1C(F)(F)F. The zero-order chi connectivity index (χ0) is 11.8. The van der Waals surface area contributed by atoms with Crippen molar-refractivity contribution in [2.75, 3.05) is 0 Å². The van der Waals surface area contributed by atoms with E-state index < -0.39 is 11.9 Å². The van der Waals surface area contributed by atoms with Crippen LogP contribution in [-0.4, -0.2) is 9.55 Å². The van der Waals surface area contributed by atoms with Gasteiger partial charge in [-0.15, -0.1) is 0 Å². The van der Waals surface area contributed by atoms with Gasteiger partial charge < -0.3 is 0 Å². The molecule has 1 aromatic carbocycles. The lowest BCUT2D eigenvalue weighted by Crippen LogP contribution is -2.13. The monoisotopic (exact) mass is 226 g/mol. The highest BCUT2D eigenvalue weighted by atomic mass is 19.4. The van der Waals surface area contributed by atoms with Gasteiger partial charge in [-0.3, -0.25) is 4.57 Å². The first-order valence-corrected chi connectivity index (χ1v) is 4.66. The smallest absolute Gasteiger partial charge is 0.295 e. The minimum absolute atomic E-state index is 0.0173. The Morgan fingerprint density at radius 2 is 1.75 bits per heavy atom. The van der Waals surface area contributed by atoms with E-state index in [2.05, 4.69) is 4.98 Å². The van der Waals surface area contributed by atoms with E-state index in [0.717, 1.165) is 4.57 Å². The fourth-order valence-electron chi connectivity index (χ4n) is 1.56. The zero-order valence-corrected chi connectivity index (χ0v) is 8.49. The van der Waals surface area contributed by atoms with Crippen LogP contribution in [0.25, 0.3) is 5.69 Å². The summed E-state index contributed by atoms with van der Waals surface area (Å²) in [5.74, 6) is 0. The average Bonchev–Trinajstić information content (AvgIpc) is 2.61. The summed E-state index contributed by atoms with van der Waals surface area (Å²) >= 11 is 0. The molecule has 0 spiro atoms. The first-order chi connectivity index (χ1) is 7.50. The highest BCUT2D eigenvalue weighted by Gasteiger charge is 2.37. The number of para-hydroxylation sites is 1. The van der Waals surface area contributed by atoms with Gasteiger partial charge in [0.2, 0.25) is 0 Å². The Hall–Kier alpha value is -1.78. The summed E-state index contributed by atoms with van der Waals surface area (Å²) in [5, 5.41) is 0. The third-order valence-corrected chi connectivity index (χ3v) is 2.25. The average molecular weight is 226 g/mol. The molecule has 1 heterocycles. The van der Waals surface area contributed by atoms with Gasteiger partial charge in [0.1, 0.15) is 0 Å². The van der Waals surface area contributed by atoms with Crippen LogP contribution in [0.2, 0.25) is 0 Å². The third-order valence-electron chi connectivity index (χ3n) is 2.25. The first-order valence-electron chi connectivity index (χ1n) is 4.66. The summed E-state index contributed by atoms with van der Waals surface area (Å²) in [6.45, 7) is 1.35.